The maximum Gasteiger partial charge on any atom is 0.337 e. The highest BCUT2D eigenvalue weighted by atomic mass is 127. The molecule has 0 aliphatic heterocycles. The summed E-state index contributed by atoms with van der Waals surface area (Å²) in [5.41, 5.74) is 1.27. The van der Waals surface area contributed by atoms with Gasteiger partial charge in [-0.3, -0.25) is 0 Å². The molecule has 0 radical (unpaired) electrons. The summed E-state index contributed by atoms with van der Waals surface area (Å²) in [5, 5.41) is 0. The molecule has 0 amide bonds. The van der Waals surface area contributed by atoms with Crippen molar-refractivity contribution in [2.75, 3.05) is 7.11 Å². The third-order valence-electron chi connectivity index (χ3n) is 3.25. The van der Waals surface area contributed by atoms with Crippen molar-refractivity contribution in [3.05, 3.63) is 69.6 Å². The van der Waals surface area contributed by atoms with Gasteiger partial charge in [-0.25, -0.2) is 9.79 Å². The summed E-state index contributed by atoms with van der Waals surface area (Å²) < 4.78 is 17.5. The lowest BCUT2D eigenvalue weighted by atomic mass is 10.2. The molecular weight excluding hydrogens is 473 g/mol. The Bertz CT molecular complexity index is 857. The first-order valence-corrected chi connectivity index (χ1v) is 12.7. The normalized spacial score (nSPS) is 11.3. The van der Waals surface area contributed by atoms with Crippen LogP contribution in [0, 0.1) is 3.57 Å². The molecule has 0 saturated heterocycles. The summed E-state index contributed by atoms with van der Waals surface area (Å²) in [6, 6.07) is 12.5. The summed E-state index contributed by atoms with van der Waals surface area (Å²) >= 11 is 2.23. The van der Waals surface area contributed by atoms with Crippen LogP contribution in [0.5, 0.6) is 11.5 Å². The van der Waals surface area contributed by atoms with Crippen molar-refractivity contribution in [2.24, 2.45) is 4.99 Å². The lowest BCUT2D eigenvalue weighted by Crippen LogP contribution is -2.24. The highest BCUT2D eigenvalue weighted by molar-refractivity contribution is 14.1. The van der Waals surface area contributed by atoms with Gasteiger partial charge in [-0.2, -0.15) is 0 Å². The van der Waals surface area contributed by atoms with Crippen LogP contribution >= 0.6 is 22.6 Å². The summed E-state index contributed by atoms with van der Waals surface area (Å²) in [5.74, 6) is 1.26. The molecule has 0 N–H and O–H groups in total. The van der Waals surface area contributed by atoms with Crippen LogP contribution in [0.1, 0.15) is 15.9 Å². The Morgan fingerprint density at radius 3 is 2.41 bits per heavy atom. The Balaban J connectivity index is 2.20. The SMILES string of the molecule is C=C(/N=C/c1cc(I)ccc1Oc1ccc(C(=O)OC)cc1)O[Si](C)(C)C. The molecular formula is C20H22INO4Si. The number of halogens is 1. The van der Waals surface area contributed by atoms with Gasteiger partial charge in [0.1, 0.15) is 11.5 Å². The average molecular weight is 495 g/mol. The number of aliphatic imine (C=N–C) groups is 1. The molecule has 27 heavy (non-hydrogen) atoms. The first-order chi connectivity index (χ1) is 12.7. The van der Waals surface area contributed by atoms with Gasteiger partial charge in [0, 0.05) is 15.3 Å². The number of hydrogen-bond acceptors (Lipinski definition) is 5. The van der Waals surface area contributed by atoms with Crippen LogP contribution in [-0.2, 0) is 9.16 Å². The van der Waals surface area contributed by atoms with E-state index in [4.69, 9.17) is 13.9 Å². The number of ether oxygens (including phenoxy) is 2. The molecule has 2 aromatic carbocycles. The number of hydrogen-bond donors (Lipinski definition) is 0. The van der Waals surface area contributed by atoms with Crippen LogP contribution < -0.4 is 4.74 Å². The Morgan fingerprint density at radius 2 is 1.81 bits per heavy atom. The molecule has 0 aromatic heterocycles. The maximum absolute atomic E-state index is 11.5. The van der Waals surface area contributed by atoms with Crippen molar-refractivity contribution in [2.45, 2.75) is 19.6 Å². The van der Waals surface area contributed by atoms with Crippen molar-refractivity contribution in [1.29, 1.82) is 0 Å². The van der Waals surface area contributed by atoms with Crippen molar-refractivity contribution < 1.29 is 18.7 Å². The Morgan fingerprint density at radius 1 is 1.15 bits per heavy atom. The molecule has 2 aromatic rings. The van der Waals surface area contributed by atoms with E-state index >= 15 is 0 Å². The highest BCUT2D eigenvalue weighted by Gasteiger charge is 2.16. The van der Waals surface area contributed by atoms with Gasteiger partial charge in [0.15, 0.2) is 5.88 Å². The molecule has 0 unspecified atom stereocenters. The second-order valence-corrected chi connectivity index (χ2v) is 12.3. The van der Waals surface area contributed by atoms with Crippen molar-refractivity contribution in [3.63, 3.8) is 0 Å². The molecule has 0 bridgehead atoms. The minimum Gasteiger partial charge on any atom is -0.532 e. The number of rotatable bonds is 7. The monoisotopic (exact) mass is 495 g/mol. The minimum absolute atomic E-state index is 0.385. The number of esters is 1. The van der Waals surface area contributed by atoms with Crippen molar-refractivity contribution in [1.82, 2.24) is 0 Å². The predicted octanol–water partition coefficient (Wildman–Crippen LogP) is 5.61. The fraction of sp³-hybridized carbons (Fsp3) is 0.200. The van der Waals surface area contributed by atoms with Gasteiger partial charge >= 0.3 is 5.97 Å². The third kappa shape index (κ3) is 6.83. The first-order valence-electron chi connectivity index (χ1n) is 8.26. The van der Waals surface area contributed by atoms with E-state index < -0.39 is 8.32 Å². The highest BCUT2D eigenvalue weighted by Crippen LogP contribution is 2.26. The molecule has 7 heteroatoms. The fourth-order valence-electron chi connectivity index (χ4n) is 2.14. The molecule has 0 aliphatic rings. The Labute approximate surface area is 174 Å². The van der Waals surface area contributed by atoms with E-state index in [1.54, 1.807) is 30.5 Å². The summed E-state index contributed by atoms with van der Waals surface area (Å²) in [4.78, 5) is 15.8. The second-order valence-electron chi connectivity index (χ2n) is 6.67. The van der Waals surface area contributed by atoms with Crippen molar-refractivity contribution in [3.8, 4) is 11.5 Å². The van der Waals surface area contributed by atoms with E-state index in [1.807, 2.05) is 18.2 Å². The van der Waals surface area contributed by atoms with E-state index in [2.05, 4.69) is 53.8 Å². The van der Waals surface area contributed by atoms with E-state index in [9.17, 15) is 4.79 Å². The largest absolute Gasteiger partial charge is 0.532 e. The van der Waals surface area contributed by atoms with Gasteiger partial charge in [0.25, 0.3) is 0 Å². The van der Waals surface area contributed by atoms with Gasteiger partial charge in [-0.05, 0) is 91.3 Å². The molecule has 142 valence electrons. The van der Waals surface area contributed by atoms with Gasteiger partial charge in [-0.15, -0.1) is 0 Å². The fourth-order valence-corrected chi connectivity index (χ4v) is 3.41. The van der Waals surface area contributed by atoms with Crippen LogP contribution in [0.3, 0.4) is 0 Å². The van der Waals surface area contributed by atoms with E-state index in [-0.39, 0.29) is 5.97 Å². The number of nitrogens with zero attached hydrogens (tertiary/aromatic N) is 1. The van der Waals surface area contributed by atoms with Crippen LogP contribution in [-0.4, -0.2) is 27.6 Å². The molecule has 0 heterocycles. The maximum atomic E-state index is 11.5. The van der Waals surface area contributed by atoms with E-state index in [0.29, 0.717) is 22.9 Å². The number of carbonyl (C=O) groups is 1. The minimum atomic E-state index is -1.75. The van der Waals surface area contributed by atoms with E-state index in [0.717, 1.165) is 9.13 Å². The molecule has 0 aliphatic carbocycles. The Hall–Kier alpha value is -2.13. The third-order valence-corrected chi connectivity index (χ3v) is 4.77. The summed E-state index contributed by atoms with van der Waals surface area (Å²) in [7, 11) is -0.395. The average Bonchev–Trinajstić information content (AvgIpc) is 2.60. The van der Waals surface area contributed by atoms with Gasteiger partial charge in [0.2, 0.25) is 8.32 Å². The van der Waals surface area contributed by atoms with Crippen LogP contribution in [0.4, 0.5) is 0 Å². The van der Waals surface area contributed by atoms with Gasteiger partial charge < -0.3 is 13.9 Å². The summed E-state index contributed by atoms with van der Waals surface area (Å²) in [6.45, 7) is 10.1. The number of benzene rings is 2. The second kappa shape index (κ2) is 9.18. The molecule has 0 spiro atoms. The van der Waals surface area contributed by atoms with Gasteiger partial charge in [0.05, 0.1) is 12.7 Å². The predicted molar refractivity (Wildman–Crippen MR) is 118 cm³/mol. The quantitative estimate of drug-likeness (QED) is 0.165. The number of carbonyl (C=O) groups excluding carboxylic acids is 1. The van der Waals surface area contributed by atoms with Gasteiger partial charge in [-0.1, -0.05) is 0 Å². The van der Waals surface area contributed by atoms with Crippen LogP contribution in [0.2, 0.25) is 19.6 Å². The lowest BCUT2D eigenvalue weighted by Gasteiger charge is -2.18. The topological polar surface area (TPSA) is 57.1 Å². The molecule has 0 saturated carbocycles. The number of methoxy groups -OCH3 is 1. The molecule has 5 nitrogen and oxygen atoms in total. The summed E-state index contributed by atoms with van der Waals surface area (Å²) in [6.07, 6.45) is 1.68. The zero-order valence-electron chi connectivity index (χ0n) is 15.8. The standard InChI is InChI=1S/C20H22INO4Si/c1-14(26-27(3,4)5)22-13-16-12-17(21)8-11-19(16)25-18-9-6-15(7-10-18)20(23)24-2/h6-13H,1H2,2-5H3/b22-13+. The van der Waals surface area contributed by atoms with Crippen LogP contribution in [0.25, 0.3) is 0 Å². The molecule has 0 atom stereocenters. The molecule has 2 rings (SSSR count). The van der Waals surface area contributed by atoms with E-state index in [1.165, 1.54) is 7.11 Å². The lowest BCUT2D eigenvalue weighted by molar-refractivity contribution is 0.0600. The zero-order chi connectivity index (χ0) is 20.0. The Kier molecular flexibility index (Phi) is 7.20. The first kappa shape index (κ1) is 21.2. The smallest absolute Gasteiger partial charge is 0.337 e. The molecule has 0 fully saturated rings. The van der Waals surface area contributed by atoms with Crippen molar-refractivity contribution >= 4 is 43.1 Å². The van der Waals surface area contributed by atoms with Crippen LogP contribution in [0.15, 0.2) is 59.9 Å². The zero-order valence-corrected chi connectivity index (χ0v) is 18.9.